The number of halogens is 3. The summed E-state index contributed by atoms with van der Waals surface area (Å²) >= 11 is 0. The van der Waals surface area contributed by atoms with Gasteiger partial charge in [-0.3, -0.25) is 29.0 Å². The Labute approximate surface area is 408 Å². The Hall–Kier alpha value is -6.51. The molecule has 6 unspecified atom stereocenters. The van der Waals surface area contributed by atoms with Crippen LogP contribution in [0.15, 0.2) is 133 Å². The van der Waals surface area contributed by atoms with E-state index in [0.29, 0.717) is 24.5 Å². The maximum Gasteiger partial charge on any atom is 0.247 e. The van der Waals surface area contributed by atoms with E-state index < -0.39 is 48.3 Å². The van der Waals surface area contributed by atoms with Crippen molar-refractivity contribution in [3.8, 4) is 0 Å². The van der Waals surface area contributed by atoms with Crippen LogP contribution in [-0.2, 0) is 32.3 Å². The van der Waals surface area contributed by atoms with Gasteiger partial charge in [-0.1, -0.05) is 97.8 Å². The molecule has 11 nitrogen and oxygen atoms in total. The van der Waals surface area contributed by atoms with Gasteiger partial charge in [0.2, 0.25) is 23.6 Å². The van der Waals surface area contributed by atoms with E-state index in [0.717, 1.165) is 92.6 Å². The molecule has 366 valence electrons. The van der Waals surface area contributed by atoms with Crippen molar-refractivity contribution in [2.75, 3.05) is 54.8 Å². The van der Waals surface area contributed by atoms with Crippen molar-refractivity contribution in [1.82, 2.24) is 19.6 Å². The van der Waals surface area contributed by atoms with E-state index in [1.807, 2.05) is 84.9 Å². The summed E-state index contributed by atoms with van der Waals surface area (Å²) < 4.78 is 44.4. The van der Waals surface area contributed by atoms with Crippen molar-refractivity contribution in [3.63, 3.8) is 0 Å². The third-order valence-corrected chi connectivity index (χ3v) is 14.3. The fourth-order valence-electron chi connectivity index (χ4n) is 10.7. The molecule has 0 bridgehead atoms. The number of benzene rings is 5. The minimum absolute atomic E-state index is 0.0780. The van der Waals surface area contributed by atoms with E-state index >= 15 is 8.78 Å². The summed E-state index contributed by atoms with van der Waals surface area (Å²) in [5.74, 6) is -1.76. The molecule has 5 aromatic rings. The molecule has 0 saturated carbocycles. The highest BCUT2D eigenvalue weighted by molar-refractivity contribution is 5.99. The molecule has 0 radical (unpaired) electrons. The number of piperidine rings is 2. The number of alkyl halides is 2. The number of nitrogens with one attached hydrogen (secondary N) is 2. The monoisotopic (exact) mass is 953 g/mol. The Morgan fingerprint density at radius 3 is 1.29 bits per heavy atom. The SMILES string of the molecule is O=C(Nc1ccc(CN(Cc2ccc(NC(=O)C3CC(F)CN3C(=O)C(c3ccccc3)N3CCCCC3)cc2)c2ccc(F)cc2)cc1)C1CC(F)CN1C(=O)C(c1ccccc1)N1CCCCC1. The molecule has 9 rings (SSSR count). The molecular weight excluding hydrogens is 892 g/mol. The Morgan fingerprint density at radius 2 is 0.900 bits per heavy atom. The third kappa shape index (κ3) is 11.6. The quantitative estimate of drug-likeness (QED) is 0.108. The van der Waals surface area contributed by atoms with Gasteiger partial charge in [0.15, 0.2) is 0 Å². The summed E-state index contributed by atoms with van der Waals surface area (Å²) in [5, 5.41) is 5.88. The van der Waals surface area contributed by atoms with Crippen LogP contribution in [0.2, 0.25) is 0 Å². The molecule has 4 aliphatic heterocycles. The number of hydrogen-bond donors (Lipinski definition) is 2. The molecule has 0 aliphatic carbocycles. The zero-order valence-corrected chi connectivity index (χ0v) is 39.5. The normalized spacial score (nSPS) is 21.8. The summed E-state index contributed by atoms with van der Waals surface area (Å²) in [5.41, 5.74) is 5.26. The second-order valence-corrected chi connectivity index (χ2v) is 19.2. The van der Waals surface area contributed by atoms with E-state index in [2.05, 4.69) is 25.3 Å². The first kappa shape index (κ1) is 48.5. The van der Waals surface area contributed by atoms with E-state index in [1.165, 1.54) is 21.9 Å². The van der Waals surface area contributed by atoms with Crippen molar-refractivity contribution in [3.05, 3.63) is 162 Å². The number of rotatable bonds is 15. The molecule has 4 aliphatic rings. The van der Waals surface area contributed by atoms with Gasteiger partial charge in [0.1, 0.15) is 42.3 Å². The smallest absolute Gasteiger partial charge is 0.247 e. The van der Waals surface area contributed by atoms with Crippen LogP contribution in [0.5, 0.6) is 0 Å². The number of carbonyl (C=O) groups excluding carboxylic acids is 4. The van der Waals surface area contributed by atoms with Gasteiger partial charge in [-0.25, -0.2) is 13.2 Å². The van der Waals surface area contributed by atoms with Crippen molar-refractivity contribution < 1.29 is 32.3 Å². The predicted molar refractivity (Wildman–Crippen MR) is 266 cm³/mol. The standard InChI is InChI=1S/C56H62F3N7O4/c57-43-21-27-48(28-22-43)64(35-39-17-23-46(24-18-39)60-53(67)49-33-44(58)37-65(49)55(69)51(41-13-5-1-6-14-41)62-29-9-3-10-30-62)36-40-19-25-47(26-20-40)61-54(68)50-34-45(59)38-66(50)56(70)52(42-15-7-2-8-16-42)63-31-11-4-12-32-63/h1-2,5-8,13-28,44-45,49-52H,3-4,9-12,29-38H2,(H,60,67)(H,61,68). The van der Waals surface area contributed by atoms with Crippen LogP contribution in [0.1, 0.15) is 85.7 Å². The first-order valence-corrected chi connectivity index (χ1v) is 24.8. The summed E-state index contributed by atoms with van der Waals surface area (Å²) in [7, 11) is 0. The van der Waals surface area contributed by atoms with Gasteiger partial charge in [0.05, 0.1) is 13.1 Å². The van der Waals surface area contributed by atoms with Crippen LogP contribution in [-0.4, -0.2) is 107 Å². The molecule has 14 heteroatoms. The van der Waals surface area contributed by atoms with Gasteiger partial charge in [0.25, 0.3) is 0 Å². The van der Waals surface area contributed by atoms with Crippen LogP contribution in [0, 0.1) is 5.82 Å². The number of carbonyl (C=O) groups is 4. The largest absolute Gasteiger partial charge is 0.363 e. The Bertz CT molecular complexity index is 2390. The van der Waals surface area contributed by atoms with Gasteiger partial charge in [-0.15, -0.1) is 0 Å². The molecular formula is C56H62F3N7O4. The second kappa shape index (κ2) is 22.5. The first-order chi connectivity index (χ1) is 34.1. The lowest BCUT2D eigenvalue weighted by Gasteiger charge is -2.37. The number of hydrogen-bond acceptors (Lipinski definition) is 7. The molecule has 4 heterocycles. The van der Waals surface area contributed by atoms with Crippen molar-refractivity contribution in [1.29, 1.82) is 0 Å². The Kier molecular flexibility index (Phi) is 15.6. The highest BCUT2D eigenvalue weighted by Gasteiger charge is 2.45. The maximum atomic E-state index is 15.1. The average Bonchev–Trinajstić information content (AvgIpc) is 3.99. The Balaban J connectivity index is 0.845. The molecule has 4 saturated heterocycles. The molecule has 2 N–H and O–H groups in total. The van der Waals surface area contributed by atoms with Crippen molar-refractivity contribution >= 4 is 40.7 Å². The zero-order valence-electron chi connectivity index (χ0n) is 39.5. The highest BCUT2D eigenvalue weighted by atomic mass is 19.1. The number of nitrogens with zero attached hydrogens (tertiary/aromatic N) is 5. The number of likely N-dealkylation sites (tertiary alicyclic amines) is 4. The Morgan fingerprint density at radius 1 is 0.514 bits per heavy atom. The molecule has 5 aromatic carbocycles. The minimum Gasteiger partial charge on any atom is -0.363 e. The van der Waals surface area contributed by atoms with E-state index in [4.69, 9.17) is 0 Å². The number of anilines is 3. The summed E-state index contributed by atoms with van der Waals surface area (Å²) in [6.07, 6.45) is 3.30. The van der Waals surface area contributed by atoms with Gasteiger partial charge >= 0.3 is 0 Å². The second-order valence-electron chi connectivity index (χ2n) is 19.2. The molecule has 0 aromatic heterocycles. The van der Waals surface area contributed by atoms with Gasteiger partial charge in [-0.2, -0.15) is 0 Å². The third-order valence-electron chi connectivity index (χ3n) is 14.3. The summed E-state index contributed by atoms with van der Waals surface area (Å²) in [6, 6.07) is 36.8. The molecule has 4 fully saturated rings. The predicted octanol–water partition coefficient (Wildman–Crippen LogP) is 9.24. The van der Waals surface area contributed by atoms with E-state index in [1.54, 1.807) is 36.4 Å². The average molecular weight is 954 g/mol. The fourth-order valence-corrected chi connectivity index (χ4v) is 10.7. The van der Waals surface area contributed by atoms with E-state index in [9.17, 15) is 23.6 Å². The molecule has 0 spiro atoms. The number of amides is 4. The minimum atomic E-state index is -1.32. The molecule has 70 heavy (non-hydrogen) atoms. The fraction of sp³-hybridized carbons (Fsp3) is 0.393. The van der Waals surface area contributed by atoms with Crippen LogP contribution in [0.4, 0.5) is 30.2 Å². The lowest BCUT2D eigenvalue weighted by Crippen LogP contribution is -2.49. The van der Waals surface area contributed by atoms with E-state index in [-0.39, 0.29) is 43.6 Å². The van der Waals surface area contributed by atoms with Crippen molar-refractivity contribution in [2.45, 2.75) is 101 Å². The van der Waals surface area contributed by atoms with Gasteiger partial charge in [0, 0.05) is 43.0 Å². The van der Waals surface area contributed by atoms with Crippen molar-refractivity contribution in [2.24, 2.45) is 0 Å². The van der Waals surface area contributed by atoms with Crippen LogP contribution in [0.3, 0.4) is 0 Å². The topological polar surface area (TPSA) is 109 Å². The van der Waals surface area contributed by atoms with Crippen LogP contribution >= 0.6 is 0 Å². The lowest BCUT2D eigenvalue weighted by atomic mass is 10.00. The highest BCUT2D eigenvalue weighted by Crippen LogP contribution is 2.34. The van der Waals surface area contributed by atoms with Gasteiger partial charge < -0.3 is 25.3 Å². The summed E-state index contributed by atoms with van der Waals surface area (Å²) in [4.78, 5) is 65.5. The lowest BCUT2D eigenvalue weighted by molar-refractivity contribution is -0.142. The molecule has 4 amide bonds. The molecule has 6 atom stereocenters. The van der Waals surface area contributed by atoms with Gasteiger partial charge in [-0.05, 0) is 123 Å². The maximum absolute atomic E-state index is 15.1. The van der Waals surface area contributed by atoms with Crippen LogP contribution in [0.25, 0.3) is 0 Å². The first-order valence-electron chi connectivity index (χ1n) is 24.8. The van der Waals surface area contributed by atoms with Crippen LogP contribution < -0.4 is 15.5 Å². The zero-order chi connectivity index (χ0) is 48.6. The summed E-state index contributed by atoms with van der Waals surface area (Å²) in [6.45, 7) is 3.60.